The Morgan fingerprint density at radius 3 is 2.30 bits per heavy atom. The molecule has 0 spiro atoms. The Morgan fingerprint density at radius 2 is 1.67 bits per heavy atom. The number of rotatable bonds is 1. The Labute approximate surface area is 158 Å². The third-order valence-corrected chi connectivity index (χ3v) is 5.35. The summed E-state index contributed by atoms with van der Waals surface area (Å²) in [6.07, 6.45) is 0. The summed E-state index contributed by atoms with van der Waals surface area (Å²) in [5, 5.41) is 0.521. The monoisotopic (exact) mass is 361 g/mol. The molecule has 1 aliphatic heterocycles. The van der Waals surface area contributed by atoms with Crippen molar-refractivity contribution in [3.63, 3.8) is 0 Å². The van der Waals surface area contributed by atoms with Gasteiger partial charge in [-0.15, -0.1) is 0 Å². The number of carbonyl (C=O) groups is 1. The van der Waals surface area contributed by atoms with E-state index in [0.717, 1.165) is 11.1 Å². The van der Waals surface area contributed by atoms with Crippen molar-refractivity contribution >= 4 is 16.9 Å². The van der Waals surface area contributed by atoms with Crippen LogP contribution in [0.25, 0.3) is 11.0 Å². The quantitative estimate of drug-likeness (QED) is 0.638. The molecular weight excluding hydrogens is 338 g/mol. The number of carbonyl (C=O) groups excluding carboxylic acids is 1. The maximum atomic E-state index is 13.2. The molecule has 27 heavy (non-hydrogen) atoms. The summed E-state index contributed by atoms with van der Waals surface area (Å²) in [5.74, 6) is -0.0989. The van der Waals surface area contributed by atoms with Crippen LogP contribution >= 0.6 is 0 Å². The van der Waals surface area contributed by atoms with Gasteiger partial charge < -0.3 is 9.32 Å². The van der Waals surface area contributed by atoms with Crippen LogP contribution in [-0.4, -0.2) is 17.9 Å². The van der Waals surface area contributed by atoms with Gasteiger partial charge in [0.25, 0.3) is 5.91 Å². The van der Waals surface area contributed by atoms with E-state index in [2.05, 4.69) is 32.9 Å². The highest BCUT2D eigenvalue weighted by Crippen LogP contribution is 2.37. The minimum Gasteiger partial charge on any atom is -0.450 e. The third kappa shape index (κ3) is 2.67. The first-order valence-corrected chi connectivity index (χ1v) is 9.13. The van der Waals surface area contributed by atoms with Gasteiger partial charge in [-0.25, -0.2) is 0 Å². The van der Waals surface area contributed by atoms with Gasteiger partial charge in [0.15, 0.2) is 5.43 Å². The van der Waals surface area contributed by atoms with Gasteiger partial charge in [-0.1, -0.05) is 56.7 Å². The maximum absolute atomic E-state index is 13.2. The summed E-state index contributed by atoms with van der Waals surface area (Å²) >= 11 is 0. The van der Waals surface area contributed by atoms with Gasteiger partial charge in [-0.3, -0.25) is 9.59 Å². The maximum Gasteiger partial charge on any atom is 0.290 e. The number of amides is 1. The molecule has 4 heteroatoms. The fourth-order valence-electron chi connectivity index (χ4n) is 3.76. The van der Waals surface area contributed by atoms with E-state index in [1.54, 1.807) is 18.0 Å². The van der Waals surface area contributed by atoms with E-state index < -0.39 is 6.04 Å². The summed E-state index contributed by atoms with van der Waals surface area (Å²) < 4.78 is 5.86. The van der Waals surface area contributed by atoms with Crippen molar-refractivity contribution in [2.75, 3.05) is 7.05 Å². The van der Waals surface area contributed by atoms with Crippen LogP contribution in [0.4, 0.5) is 0 Å². The van der Waals surface area contributed by atoms with E-state index in [1.807, 2.05) is 31.2 Å². The Hall–Kier alpha value is -2.88. The predicted molar refractivity (Wildman–Crippen MR) is 106 cm³/mol. The summed E-state index contributed by atoms with van der Waals surface area (Å²) in [4.78, 5) is 27.6. The highest BCUT2D eigenvalue weighted by Gasteiger charge is 2.40. The number of fused-ring (bicyclic) bond motifs is 2. The second-order valence-electron chi connectivity index (χ2n) is 8.36. The average molecular weight is 361 g/mol. The summed E-state index contributed by atoms with van der Waals surface area (Å²) in [5.41, 5.74) is 3.91. The van der Waals surface area contributed by atoms with E-state index in [-0.39, 0.29) is 22.5 Å². The molecule has 2 aromatic carbocycles. The number of aryl methyl sites for hydroxylation is 1. The van der Waals surface area contributed by atoms with Gasteiger partial charge in [0.2, 0.25) is 5.76 Å². The Bertz CT molecular complexity index is 1120. The molecule has 3 aromatic rings. The lowest BCUT2D eigenvalue weighted by Gasteiger charge is -2.23. The molecule has 0 N–H and O–H groups in total. The largest absolute Gasteiger partial charge is 0.450 e. The SMILES string of the molecule is Cc1ccc2oc3c(c(=O)c2c1)C(c1ccc(C(C)(C)C)cc1)N(C)C3=O. The third-order valence-electron chi connectivity index (χ3n) is 5.35. The fraction of sp³-hybridized carbons (Fsp3) is 0.304. The van der Waals surface area contributed by atoms with E-state index in [0.29, 0.717) is 16.5 Å². The molecule has 1 amide bonds. The molecule has 1 unspecified atom stereocenters. The molecule has 1 aliphatic rings. The lowest BCUT2D eigenvalue weighted by molar-refractivity contribution is 0.0771. The van der Waals surface area contributed by atoms with Crippen molar-refractivity contribution in [3.8, 4) is 0 Å². The minimum absolute atomic E-state index is 0.0423. The Morgan fingerprint density at radius 1 is 1.00 bits per heavy atom. The standard InChI is InChI=1S/C23H23NO3/c1-13-6-11-17-16(12-13)20(25)18-19(24(5)22(26)21(18)27-17)14-7-9-15(10-8-14)23(2,3)4/h6-12,19H,1-5H3. The molecule has 0 fully saturated rings. The molecule has 2 heterocycles. The normalized spacial score (nSPS) is 16.9. The number of benzene rings is 2. The average Bonchev–Trinajstić information content (AvgIpc) is 2.87. The van der Waals surface area contributed by atoms with E-state index in [1.165, 1.54) is 5.56 Å². The first kappa shape index (κ1) is 17.5. The van der Waals surface area contributed by atoms with Gasteiger partial charge in [0.1, 0.15) is 5.58 Å². The molecule has 138 valence electrons. The molecule has 1 aromatic heterocycles. The molecule has 0 saturated heterocycles. The van der Waals surface area contributed by atoms with Gasteiger partial charge in [0, 0.05) is 7.05 Å². The topological polar surface area (TPSA) is 50.5 Å². The fourth-order valence-corrected chi connectivity index (χ4v) is 3.76. The van der Waals surface area contributed by atoms with Crippen molar-refractivity contribution in [2.24, 2.45) is 0 Å². The molecule has 4 rings (SSSR count). The zero-order chi connectivity index (χ0) is 19.5. The predicted octanol–water partition coefficient (Wildman–Crippen LogP) is 4.57. The van der Waals surface area contributed by atoms with Crippen LogP contribution in [0.15, 0.2) is 51.7 Å². The number of nitrogens with zero attached hydrogens (tertiary/aromatic N) is 1. The number of hydrogen-bond acceptors (Lipinski definition) is 3. The molecule has 0 bridgehead atoms. The van der Waals surface area contributed by atoms with Gasteiger partial charge in [0.05, 0.1) is 17.0 Å². The second-order valence-corrected chi connectivity index (χ2v) is 8.36. The Balaban J connectivity index is 1.92. The first-order valence-electron chi connectivity index (χ1n) is 9.13. The molecule has 0 saturated carbocycles. The van der Waals surface area contributed by atoms with Crippen molar-refractivity contribution in [3.05, 3.63) is 80.7 Å². The van der Waals surface area contributed by atoms with Crippen molar-refractivity contribution in [1.82, 2.24) is 4.90 Å². The van der Waals surface area contributed by atoms with Crippen LogP contribution in [0.1, 0.15) is 59.6 Å². The second kappa shape index (κ2) is 5.81. The molecule has 1 atom stereocenters. The van der Waals surface area contributed by atoms with Crippen LogP contribution in [0, 0.1) is 6.92 Å². The van der Waals surface area contributed by atoms with E-state index >= 15 is 0 Å². The van der Waals surface area contributed by atoms with Gasteiger partial charge in [-0.2, -0.15) is 0 Å². The summed E-state index contributed by atoms with van der Waals surface area (Å²) in [7, 11) is 1.72. The van der Waals surface area contributed by atoms with Crippen molar-refractivity contribution in [2.45, 2.75) is 39.2 Å². The molecule has 4 nitrogen and oxygen atoms in total. The molecule has 0 aliphatic carbocycles. The number of hydrogen-bond donors (Lipinski definition) is 0. The van der Waals surface area contributed by atoms with Crippen LogP contribution < -0.4 is 5.43 Å². The van der Waals surface area contributed by atoms with Crippen LogP contribution in [0.5, 0.6) is 0 Å². The van der Waals surface area contributed by atoms with Crippen LogP contribution in [0.3, 0.4) is 0 Å². The molecule has 0 radical (unpaired) electrons. The summed E-state index contributed by atoms with van der Waals surface area (Å²) in [6, 6.07) is 13.2. The van der Waals surface area contributed by atoms with E-state index in [4.69, 9.17) is 4.42 Å². The summed E-state index contributed by atoms with van der Waals surface area (Å²) in [6.45, 7) is 8.41. The van der Waals surface area contributed by atoms with Crippen LogP contribution in [0.2, 0.25) is 0 Å². The highest BCUT2D eigenvalue weighted by atomic mass is 16.3. The van der Waals surface area contributed by atoms with Crippen molar-refractivity contribution in [1.29, 1.82) is 0 Å². The Kier molecular flexibility index (Phi) is 3.77. The molecular formula is C23H23NO3. The zero-order valence-corrected chi connectivity index (χ0v) is 16.3. The smallest absolute Gasteiger partial charge is 0.290 e. The lowest BCUT2D eigenvalue weighted by Crippen LogP contribution is -2.25. The van der Waals surface area contributed by atoms with Gasteiger partial charge >= 0.3 is 0 Å². The highest BCUT2D eigenvalue weighted by molar-refractivity contribution is 5.98. The first-order chi connectivity index (χ1) is 12.7. The van der Waals surface area contributed by atoms with Crippen LogP contribution in [-0.2, 0) is 5.41 Å². The van der Waals surface area contributed by atoms with Crippen molar-refractivity contribution < 1.29 is 9.21 Å². The minimum atomic E-state index is -0.428. The van der Waals surface area contributed by atoms with E-state index in [9.17, 15) is 9.59 Å². The lowest BCUT2D eigenvalue weighted by atomic mass is 9.86. The zero-order valence-electron chi connectivity index (χ0n) is 16.3. The van der Waals surface area contributed by atoms with Gasteiger partial charge in [-0.05, 0) is 35.6 Å².